The van der Waals surface area contributed by atoms with E-state index in [-0.39, 0.29) is 23.5 Å². The predicted molar refractivity (Wildman–Crippen MR) is 82.0 cm³/mol. The number of hydrogen-bond acceptors (Lipinski definition) is 3. The fraction of sp³-hybridized carbons (Fsp3) is 0.533. The Balaban J connectivity index is 2.18. The standard InChI is InChI=1S/C15H21FN2OS/c16-14-6-5-11(15(17)20)8-12(14)9-18-7-3-1-2-4-13(18)10-19/h5-6,8,13,19H,1-4,7,9-10H2,(H2,17,20). The molecule has 3 N–H and O–H groups in total. The summed E-state index contributed by atoms with van der Waals surface area (Å²) in [4.78, 5) is 2.44. The minimum atomic E-state index is -0.245. The molecule has 0 amide bonds. The minimum absolute atomic E-state index is 0.116. The van der Waals surface area contributed by atoms with Crippen LogP contribution in [0.2, 0.25) is 0 Å². The monoisotopic (exact) mass is 296 g/mol. The van der Waals surface area contributed by atoms with Crippen molar-refractivity contribution >= 4 is 17.2 Å². The summed E-state index contributed by atoms with van der Waals surface area (Å²) in [7, 11) is 0. The molecule has 1 aliphatic rings. The summed E-state index contributed by atoms with van der Waals surface area (Å²) in [5.74, 6) is -0.245. The van der Waals surface area contributed by atoms with E-state index in [9.17, 15) is 9.50 Å². The summed E-state index contributed by atoms with van der Waals surface area (Å²) in [6, 6.07) is 4.85. The van der Waals surface area contributed by atoms with Crippen LogP contribution < -0.4 is 5.73 Å². The molecule has 0 spiro atoms. The SMILES string of the molecule is NC(=S)c1ccc(F)c(CN2CCCCCC2CO)c1. The summed E-state index contributed by atoms with van der Waals surface area (Å²) in [6.07, 6.45) is 4.35. The van der Waals surface area contributed by atoms with Crippen molar-refractivity contribution in [1.82, 2.24) is 4.90 Å². The van der Waals surface area contributed by atoms with E-state index in [4.69, 9.17) is 18.0 Å². The highest BCUT2D eigenvalue weighted by Gasteiger charge is 2.21. The van der Waals surface area contributed by atoms with Gasteiger partial charge < -0.3 is 10.8 Å². The Morgan fingerprint density at radius 1 is 1.40 bits per heavy atom. The average molecular weight is 296 g/mol. The number of rotatable bonds is 4. The topological polar surface area (TPSA) is 49.5 Å². The maximum Gasteiger partial charge on any atom is 0.127 e. The minimum Gasteiger partial charge on any atom is -0.395 e. The van der Waals surface area contributed by atoms with Crippen LogP contribution in [-0.4, -0.2) is 34.2 Å². The van der Waals surface area contributed by atoms with Crippen molar-refractivity contribution in [3.8, 4) is 0 Å². The number of aliphatic hydroxyl groups excluding tert-OH is 1. The molecule has 1 aliphatic heterocycles. The van der Waals surface area contributed by atoms with Crippen molar-refractivity contribution in [2.45, 2.75) is 38.3 Å². The smallest absolute Gasteiger partial charge is 0.127 e. The summed E-state index contributed by atoms with van der Waals surface area (Å²) >= 11 is 4.94. The number of aliphatic hydroxyl groups is 1. The molecule has 1 atom stereocenters. The molecule has 0 saturated carbocycles. The third-order valence-corrected chi connectivity index (χ3v) is 4.15. The van der Waals surface area contributed by atoms with Crippen LogP contribution >= 0.6 is 12.2 Å². The molecule has 1 aromatic rings. The lowest BCUT2D eigenvalue weighted by Crippen LogP contribution is -2.37. The largest absolute Gasteiger partial charge is 0.395 e. The van der Waals surface area contributed by atoms with Gasteiger partial charge in [0.05, 0.1) is 6.61 Å². The van der Waals surface area contributed by atoms with Gasteiger partial charge in [-0.15, -0.1) is 0 Å². The van der Waals surface area contributed by atoms with Gasteiger partial charge in [0, 0.05) is 23.7 Å². The third-order valence-electron chi connectivity index (χ3n) is 3.91. The molecule has 1 fully saturated rings. The molecule has 1 saturated heterocycles. The van der Waals surface area contributed by atoms with Crippen LogP contribution in [0.15, 0.2) is 18.2 Å². The van der Waals surface area contributed by atoms with E-state index in [0.29, 0.717) is 17.7 Å². The fourth-order valence-corrected chi connectivity index (χ4v) is 2.85. The summed E-state index contributed by atoms with van der Waals surface area (Å²) < 4.78 is 13.9. The molecule has 20 heavy (non-hydrogen) atoms. The number of likely N-dealkylation sites (tertiary alicyclic amines) is 1. The van der Waals surface area contributed by atoms with Crippen LogP contribution in [0.4, 0.5) is 4.39 Å². The Labute approximate surface area is 124 Å². The summed E-state index contributed by atoms with van der Waals surface area (Å²) in [6.45, 7) is 1.51. The quantitative estimate of drug-likeness (QED) is 0.836. The normalized spacial score (nSPS) is 20.6. The van der Waals surface area contributed by atoms with E-state index in [1.807, 2.05) is 0 Å². The highest BCUT2D eigenvalue weighted by atomic mass is 32.1. The second-order valence-electron chi connectivity index (χ2n) is 5.33. The molecular formula is C15H21FN2OS. The van der Waals surface area contributed by atoms with E-state index in [1.165, 1.54) is 12.5 Å². The molecule has 110 valence electrons. The molecule has 0 aliphatic carbocycles. The van der Waals surface area contributed by atoms with E-state index in [1.54, 1.807) is 12.1 Å². The first-order chi connectivity index (χ1) is 9.61. The molecule has 1 heterocycles. The second kappa shape index (κ2) is 7.11. The number of halogens is 1. The Bertz CT molecular complexity index is 481. The molecule has 2 rings (SSSR count). The Morgan fingerprint density at radius 2 is 2.20 bits per heavy atom. The third kappa shape index (κ3) is 3.75. The molecule has 0 bridgehead atoms. The number of nitrogens with zero attached hydrogens (tertiary/aromatic N) is 1. The zero-order valence-electron chi connectivity index (χ0n) is 11.5. The number of nitrogens with two attached hydrogens (primary N) is 1. The van der Waals surface area contributed by atoms with E-state index in [0.717, 1.165) is 25.8 Å². The molecule has 1 aromatic carbocycles. The van der Waals surface area contributed by atoms with Gasteiger partial charge in [0.1, 0.15) is 10.8 Å². The van der Waals surface area contributed by atoms with E-state index >= 15 is 0 Å². The van der Waals surface area contributed by atoms with Gasteiger partial charge >= 0.3 is 0 Å². The number of thiocarbonyl (C=S) groups is 1. The molecular weight excluding hydrogens is 275 g/mol. The fourth-order valence-electron chi connectivity index (χ4n) is 2.72. The van der Waals surface area contributed by atoms with Gasteiger partial charge in [-0.3, -0.25) is 4.90 Å². The van der Waals surface area contributed by atoms with Crippen molar-refractivity contribution in [2.24, 2.45) is 5.73 Å². The van der Waals surface area contributed by atoms with Crippen LogP contribution in [0.25, 0.3) is 0 Å². The zero-order chi connectivity index (χ0) is 14.5. The second-order valence-corrected chi connectivity index (χ2v) is 5.77. The van der Waals surface area contributed by atoms with Crippen LogP contribution in [0.1, 0.15) is 36.8 Å². The highest BCUT2D eigenvalue weighted by molar-refractivity contribution is 7.80. The van der Waals surface area contributed by atoms with Crippen molar-refractivity contribution < 1.29 is 9.50 Å². The van der Waals surface area contributed by atoms with Gasteiger partial charge in [-0.2, -0.15) is 0 Å². The van der Waals surface area contributed by atoms with Gasteiger partial charge in [-0.1, -0.05) is 25.1 Å². The van der Waals surface area contributed by atoms with Crippen LogP contribution in [0, 0.1) is 5.82 Å². The first-order valence-electron chi connectivity index (χ1n) is 7.05. The first kappa shape index (κ1) is 15.4. The lowest BCUT2D eigenvalue weighted by atomic mass is 10.1. The molecule has 1 unspecified atom stereocenters. The van der Waals surface area contributed by atoms with E-state index in [2.05, 4.69) is 4.90 Å². The molecule has 0 aromatic heterocycles. The van der Waals surface area contributed by atoms with Gasteiger partial charge in [0.2, 0.25) is 0 Å². The zero-order valence-corrected chi connectivity index (χ0v) is 12.3. The lowest BCUT2D eigenvalue weighted by molar-refractivity contribution is 0.117. The maximum atomic E-state index is 13.9. The predicted octanol–water partition coefficient (Wildman–Crippen LogP) is 2.20. The van der Waals surface area contributed by atoms with Gasteiger partial charge in [-0.05, 0) is 37.6 Å². The van der Waals surface area contributed by atoms with Crippen LogP contribution in [0.5, 0.6) is 0 Å². The van der Waals surface area contributed by atoms with Crippen molar-refractivity contribution in [2.75, 3.05) is 13.2 Å². The van der Waals surface area contributed by atoms with Crippen molar-refractivity contribution in [3.63, 3.8) is 0 Å². The Kier molecular flexibility index (Phi) is 5.46. The van der Waals surface area contributed by atoms with Gasteiger partial charge in [0.15, 0.2) is 0 Å². The molecule has 0 radical (unpaired) electrons. The summed E-state index contributed by atoms with van der Waals surface area (Å²) in [5, 5.41) is 9.50. The van der Waals surface area contributed by atoms with Crippen molar-refractivity contribution in [3.05, 3.63) is 35.1 Å². The maximum absolute atomic E-state index is 13.9. The average Bonchev–Trinajstić information content (AvgIpc) is 2.66. The molecule has 3 nitrogen and oxygen atoms in total. The van der Waals surface area contributed by atoms with E-state index < -0.39 is 0 Å². The highest BCUT2D eigenvalue weighted by Crippen LogP contribution is 2.21. The van der Waals surface area contributed by atoms with Gasteiger partial charge in [0.25, 0.3) is 0 Å². The summed E-state index contributed by atoms with van der Waals surface area (Å²) in [5.41, 5.74) is 6.88. The van der Waals surface area contributed by atoms with Crippen LogP contribution in [-0.2, 0) is 6.54 Å². The first-order valence-corrected chi connectivity index (χ1v) is 7.45. The Morgan fingerprint density at radius 3 is 2.90 bits per heavy atom. The van der Waals surface area contributed by atoms with Crippen LogP contribution in [0.3, 0.4) is 0 Å². The number of benzene rings is 1. The lowest BCUT2D eigenvalue weighted by Gasteiger charge is -2.28. The van der Waals surface area contributed by atoms with Crippen molar-refractivity contribution in [1.29, 1.82) is 0 Å². The van der Waals surface area contributed by atoms with Gasteiger partial charge in [-0.25, -0.2) is 4.39 Å². The number of hydrogen-bond donors (Lipinski definition) is 2. The Hall–Kier alpha value is -1.04. The molecule has 5 heteroatoms.